The molecule has 5 heteroatoms. The zero-order chi connectivity index (χ0) is 13.5. The molecule has 104 valence electrons. The lowest BCUT2D eigenvalue weighted by Gasteiger charge is -2.28. The maximum Gasteiger partial charge on any atom is 0.328 e. The smallest absolute Gasteiger partial charge is 0.328 e. The summed E-state index contributed by atoms with van der Waals surface area (Å²) in [5, 5.41) is 6.02. The van der Waals surface area contributed by atoms with Crippen LogP contribution in [-0.2, 0) is 14.3 Å². The quantitative estimate of drug-likeness (QED) is 0.710. The van der Waals surface area contributed by atoms with Gasteiger partial charge in [-0.2, -0.15) is 0 Å². The molecule has 3 atom stereocenters. The second-order valence-corrected chi connectivity index (χ2v) is 5.10. The van der Waals surface area contributed by atoms with E-state index in [1.165, 1.54) is 20.0 Å². The van der Waals surface area contributed by atoms with E-state index in [0.29, 0.717) is 18.3 Å². The molecule has 3 unspecified atom stereocenters. The molecule has 1 rings (SSSR count). The first kappa shape index (κ1) is 15.0. The van der Waals surface area contributed by atoms with Gasteiger partial charge < -0.3 is 15.4 Å². The molecule has 1 heterocycles. The number of piperidine rings is 1. The van der Waals surface area contributed by atoms with E-state index in [0.717, 1.165) is 13.1 Å². The Bertz CT molecular complexity index is 288. The Morgan fingerprint density at radius 1 is 1.44 bits per heavy atom. The molecule has 1 aliphatic rings. The SMILES string of the molecule is COC(=O)C(C)NC(=O)CC(C)C1CCCNC1. The topological polar surface area (TPSA) is 67.4 Å². The van der Waals surface area contributed by atoms with Crippen molar-refractivity contribution in [1.82, 2.24) is 10.6 Å². The monoisotopic (exact) mass is 256 g/mol. The Morgan fingerprint density at radius 3 is 2.72 bits per heavy atom. The predicted octanol–water partition coefficient (Wildman–Crippen LogP) is 0.690. The van der Waals surface area contributed by atoms with Crippen molar-refractivity contribution in [1.29, 1.82) is 0 Å². The molecular formula is C13H24N2O3. The van der Waals surface area contributed by atoms with Gasteiger partial charge in [0.05, 0.1) is 7.11 Å². The number of amides is 1. The Morgan fingerprint density at radius 2 is 2.17 bits per heavy atom. The molecule has 1 saturated heterocycles. The molecule has 18 heavy (non-hydrogen) atoms. The van der Waals surface area contributed by atoms with Crippen molar-refractivity contribution in [3.8, 4) is 0 Å². The molecule has 1 fully saturated rings. The van der Waals surface area contributed by atoms with E-state index in [1.807, 2.05) is 0 Å². The Hall–Kier alpha value is -1.10. The summed E-state index contributed by atoms with van der Waals surface area (Å²) in [7, 11) is 1.32. The fourth-order valence-electron chi connectivity index (χ4n) is 2.36. The third-order valence-corrected chi connectivity index (χ3v) is 3.58. The van der Waals surface area contributed by atoms with Crippen molar-refractivity contribution in [3.63, 3.8) is 0 Å². The van der Waals surface area contributed by atoms with Crippen LogP contribution < -0.4 is 10.6 Å². The maximum atomic E-state index is 11.8. The number of hydrogen-bond donors (Lipinski definition) is 2. The minimum absolute atomic E-state index is 0.0778. The lowest BCUT2D eigenvalue weighted by atomic mass is 9.85. The molecule has 0 aliphatic carbocycles. The van der Waals surface area contributed by atoms with Crippen LogP contribution in [0.5, 0.6) is 0 Å². The minimum atomic E-state index is -0.570. The van der Waals surface area contributed by atoms with Gasteiger partial charge in [-0.25, -0.2) is 4.79 Å². The molecule has 0 aromatic rings. The standard InChI is InChI=1S/C13H24N2O3/c1-9(11-5-4-6-14-8-11)7-12(16)15-10(2)13(17)18-3/h9-11,14H,4-8H2,1-3H3,(H,15,16). The van der Waals surface area contributed by atoms with Crippen LogP contribution in [0.3, 0.4) is 0 Å². The highest BCUT2D eigenvalue weighted by atomic mass is 16.5. The van der Waals surface area contributed by atoms with Crippen molar-refractivity contribution in [2.45, 2.75) is 39.2 Å². The third-order valence-electron chi connectivity index (χ3n) is 3.58. The zero-order valence-electron chi connectivity index (χ0n) is 11.5. The maximum absolute atomic E-state index is 11.8. The summed E-state index contributed by atoms with van der Waals surface area (Å²) >= 11 is 0. The van der Waals surface area contributed by atoms with Crippen LogP contribution in [0.15, 0.2) is 0 Å². The molecule has 1 aliphatic heterocycles. The average Bonchev–Trinajstić information content (AvgIpc) is 2.38. The highest BCUT2D eigenvalue weighted by Crippen LogP contribution is 2.22. The van der Waals surface area contributed by atoms with Crippen molar-refractivity contribution in [2.75, 3.05) is 20.2 Å². The lowest BCUT2D eigenvalue weighted by molar-refractivity contribution is -0.144. The molecule has 0 saturated carbocycles. The first-order valence-corrected chi connectivity index (χ1v) is 6.62. The van der Waals surface area contributed by atoms with E-state index in [1.54, 1.807) is 6.92 Å². The zero-order valence-corrected chi connectivity index (χ0v) is 11.5. The van der Waals surface area contributed by atoms with Gasteiger partial charge in [-0.05, 0) is 44.7 Å². The second-order valence-electron chi connectivity index (χ2n) is 5.10. The van der Waals surface area contributed by atoms with Crippen LogP contribution in [0.4, 0.5) is 0 Å². The summed E-state index contributed by atoms with van der Waals surface area (Å²) in [4.78, 5) is 23.0. The molecule has 0 aromatic carbocycles. The van der Waals surface area contributed by atoms with E-state index in [4.69, 9.17) is 0 Å². The highest BCUT2D eigenvalue weighted by Gasteiger charge is 2.23. The minimum Gasteiger partial charge on any atom is -0.467 e. The summed E-state index contributed by atoms with van der Waals surface area (Å²) < 4.78 is 4.57. The average molecular weight is 256 g/mol. The summed E-state index contributed by atoms with van der Waals surface area (Å²) in [5.74, 6) is 0.405. The number of nitrogens with one attached hydrogen (secondary N) is 2. The largest absolute Gasteiger partial charge is 0.467 e. The van der Waals surface area contributed by atoms with Crippen LogP contribution in [0.1, 0.15) is 33.1 Å². The summed E-state index contributed by atoms with van der Waals surface area (Å²) in [6.07, 6.45) is 2.82. The summed E-state index contributed by atoms with van der Waals surface area (Å²) in [6.45, 7) is 5.80. The number of ether oxygens (including phenoxy) is 1. The van der Waals surface area contributed by atoms with Crippen molar-refractivity contribution >= 4 is 11.9 Å². The van der Waals surface area contributed by atoms with E-state index < -0.39 is 12.0 Å². The highest BCUT2D eigenvalue weighted by molar-refractivity contribution is 5.84. The van der Waals surface area contributed by atoms with E-state index in [2.05, 4.69) is 22.3 Å². The van der Waals surface area contributed by atoms with E-state index in [-0.39, 0.29) is 5.91 Å². The van der Waals surface area contributed by atoms with Gasteiger partial charge in [-0.1, -0.05) is 6.92 Å². The second kappa shape index (κ2) is 7.36. The summed E-state index contributed by atoms with van der Waals surface area (Å²) in [5.41, 5.74) is 0. The predicted molar refractivity (Wildman–Crippen MR) is 69.0 cm³/mol. The van der Waals surface area contributed by atoms with Crippen molar-refractivity contribution in [3.05, 3.63) is 0 Å². The molecule has 2 N–H and O–H groups in total. The van der Waals surface area contributed by atoms with Crippen LogP contribution >= 0.6 is 0 Å². The van der Waals surface area contributed by atoms with Gasteiger partial charge in [0.2, 0.25) is 5.91 Å². The van der Waals surface area contributed by atoms with Crippen LogP contribution in [0, 0.1) is 11.8 Å². The number of rotatable bonds is 5. The van der Waals surface area contributed by atoms with Gasteiger partial charge in [-0.15, -0.1) is 0 Å². The van der Waals surface area contributed by atoms with Gasteiger partial charge in [-0.3, -0.25) is 4.79 Å². The number of hydrogen-bond acceptors (Lipinski definition) is 4. The molecule has 0 aromatic heterocycles. The fraction of sp³-hybridized carbons (Fsp3) is 0.846. The van der Waals surface area contributed by atoms with Crippen LogP contribution in [0.25, 0.3) is 0 Å². The Kier molecular flexibility index (Phi) is 6.12. The number of carbonyl (C=O) groups is 2. The Balaban J connectivity index is 2.32. The van der Waals surface area contributed by atoms with Crippen LogP contribution in [-0.4, -0.2) is 38.1 Å². The lowest BCUT2D eigenvalue weighted by Crippen LogP contribution is -2.41. The Labute approximate surface area is 109 Å². The van der Waals surface area contributed by atoms with Gasteiger partial charge in [0.25, 0.3) is 0 Å². The number of methoxy groups -OCH3 is 1. The normalized spacial score (nSPS) is 22.9. The first-order valence-electron chi connectivity index (χ1n) is 6.62. The van der Waals surface area contributed by atoms with Crippen molar-refractivity contribution < 1.29 is 14.3 Å². The molecule has 1 amide bonds. The first-order chi connectivity index (χ1) is 8.54. The number of carbonyl (C=O) groups excluding carboxylic acids is 2. The molecule has 0 radical (unpaired) electrons. The van der Waals surface area contributed by atoms with Gasteiger partial charge in [0, 0.05) is 6.42 Å². The number of esters is 1. The van der Waals surface area contributed by atoms with E-state index in [9.17, 15) is 9.59 Å². The molecular weight excluding hydrogens is 232 g/mol. The summed E-state index contributed by atoms with van der Waals surface area (Å²) in [6, 6.07) is -0.570. The molecule has 0 bridgehead atoms. The third kappa shape index (κ3) is 4.64. The molecule has 0 spiro atoms. The van der Waals surface area contributed by atoms with Gasteiger partial charge in [0.1, 0.15) is 6.04 Å². The van der Waals surface area contributed by atoms with Crippen LogP contribution in [0.2, 0.25) is 0 Å². The fourth-order valence-corrected chi connectivity index (χ4v) is 2.36. The van der Waals surface area contributed by atoms with Gasteiger partial charge in [0.15, 0.2) is 0 Å². The van der Waals surface area contributed by atoms with Crippen molar-refractivity contribution in [2.24, 2.45) is 11.8 Å². The molecule has 5 nitrogen and oxygen atoms in total. The van der Waals surface area contributed by atoms with Gasteiger partial charge >= 0.3 is 5.97 Å². The van der Waals surface area contributed by atoms with E-state index >= 15 is 0 Å².